The molecule has 2 rings (SSSR count). The van der Waals surface area contributed by atoms with Gasteiger partial charge in [0.05, 0.1) is 16.3 Å². The number of amides is 1. The molecule has 2 aromatic carbocycles. The van der Waals surface area contributed by atoms with Crippen molar-refractivity contribution in [2.45, 2.75) is 26.1 Å². The molecular formula is C20H19ClF3N3O2. The summed E-state index contributed by atoms with van der Waals surface area (Å²) in [5.74, 6) is -0.0622. The van der Waals surface area contributed by atoms with Crippen molar-refractivity contribution in [3.63, 3.8) is 0 Å². The minimum absolute atomic E-state index is 0.0844. The van der Waals surface area contributed by atoms with Gasteiger partial charge in [-0.2, -0.15) is 18.4 Å². The summed E-state index contributed by atoms with van der Waals surface area (Å²) < 4.78 is 43.5. The van der Waals surface area contributed by atoms with E-state index in [9.17, 15) is 18.0 Å². The molecule has 5 nitrogen and oxygen atoms in total. The van der Waals surface area contributed by atoms with Crippen LogP contribution in [0.1, 0.15) is 19.4 Å². The van der Waals surface area contributed by atoms with Crippen molar-refractivity contribution in [1.29, 1.82) is 5.26 Å². The fourth-order valence-corrected chi connectivity index (χ4v) is 2.72. The minimum Gasteiger partial charge on any atom is -0.479 e. The van der Waals surface area contributed by atoms with Gasteiger partial charge in [0.15, 0.2) is 6.61 Å². The van der Waals surface area contributed by atoms with Crippen molar-refractivity contribution in [2.75, 3.05) is 17.2 Å². The van der Waals surface area contributed by atoms with E-state index in [0.717, 1.165) is 12.1 Å². The number of benzene rings is 2. The number of carbonyl (C=O) groups excluding carboxylic acids is 1. The standard InChI is InChI=1S/C20H19ClF3N3O2/c1-12(2)18(27-17-8-3-13(11-16(17)21)20(22,23)24)19(28)26-14-4-6-15(7-5-14)29-10-9-25/h3-8,11-12,18,27H,10H2,1-2H3,(H,26,28). The Kier molecular flexibility index (Phi) is 7.35. The Balaban J connectivity index is 2.11. The van der Waals surface area contributed by atoms with E-state index in [0.29, 0.717) is 11.4 Å². The van der Waals surface area contributed by atoms with Crippen LogP contribution >= 0.6 is 11.6 Å². The van der Waals surface area contributed by atoms with Crippen molar-refractivity contribution in [1.82, 2.24) is 0 Å². The van der Waals surface area contributed by atoms with E-state index < -0.39 is 17.8 Å². The number of carbonyl (C=O) groups is 1. The van der Waals surface area contributed by atoms with Crippen molar-refractivity contribution in [3.8, 4) is 11.8 Å². The Hall–Kier alpha value is -2.92. The van der Waals surface area contributed by atoms with Gasteiger partial charge < -0.3 is 15.4 Å². The molecule has 1 unspecified atom stereocenters. The zero-order chi connectivity index (χ0) is 21.6. The number of rotatable bonds is 7. The molecule has 0 aromatic heterocycles. The molecule has 0 saturated heterocycles. The van der Waals surface area contributed by atoms with Crippen molar-refractivity contribution >= 4 is 28.9 Å². The Bertz CT molecular complexity index is 893. The predicted octanol–water partition coefficient (Wildman–Crippen LogP) is 5.34. The topological polar surface area (TPSA) is 74.2 Å². The summed E-state index contributed by atoms with van der Waals surface area (Å²) in [6.45, 7) is 3.51. The van der Waals surface area contributed by atoms with Gasteiger partial charge in [-0.1, -0.05) is 25.4 Å². The Labute approximate surface area is 171 Å². The van der Waals surface area contributed by atoms with Gasteiger partial charge in [0.1, 0.15) is 17.9 Å². The van der Waals surface area contributed by atoms with E-state index in [1.807, 2.05) is 6.07 Å². The smallest absolute Gasteiger partial charge is 0.416 e. The van der Waals surface area contributed by atoms with Gasteiger partial charge in [-0.3, -0.25) is 4.79 Å². The highest BCUT2D eigenvalue weighted by Gasteiger charge is 2.31. The third kappa shape index (κ3) is 6.29. The van der Waals surface area contributed by atoms with E-state index in [1.165, 1.54) is 6.07 Å². The molecule has 0 saturated carbocycles. The number of nitriles is 1. The molecule has 0 aliphatic carbocycles. The quantitative estimate of drug-likeness (QED) is 0.628. The molecule has 29 heavy (non-hydrogen) atoms. The van der Waals surface area contributed by atoms with Crippen molar-refractivity contribution in [3.05, 3.63) is 53.1 Å². The van der Waals surface area contributed by atoms with Gasteiger partial charge in [0.25, 0.3) is 0 Å². The zero-order valence-electron chi connectivity index (χ0n) is 15.7. The number of alkyl halides is 3. The van der Waals surface area contributed by atoms with E-state index >= 15 is 0 Å². The highest BCUT2D eigenvalue weighted by Crippen LogP contribution is 2.34. The second-order valence-corrected chi connectivity index (χ2v) is 6.93. The van der Waals surface area contributed by atoms with Crippen LogP contribution in [0, 0.1) is 17.2 Å². The molecule has 1 atom stereocenters. The summed E-state index contributed by atoms with van der Waals surface area (Å²) in [6.07, 6.45) is -4.50. The van der Waals surface area contributed by atoms with Gasteiger partial charge in [-0.15, -0.1) is 0 Å². The average molecular weight is 426 g/mol. The monoisotopic (exact) mass is 425 g/mol. The number of nitrogens with one attached hydrogen (secondary N) is 2. The van der Waals surface area contributed by atoms with Crippen LogP contribution in [-0.2, 0) is 11.0 Å². The highest BCUT2D eigenvalue weighted by atomic mass is 35.5. The molecule has 0 aliphatic rings. The third-order valence-electron chi connectivity index (χ3n) is 3.98. The second kappa shape index (κ2) is 9.52. The fourth-order valence-electron chi connectivity index (χ4n) is 2.48. The summed E-state index contributed by atoms with van der Waals surface area (Å²) in [7, 11) is 0. The average Bonchev–Trinajstić information content (AvgIpc) is 2.65. The molecule has 0 heterocycles. The third-order valence-corrected chi connectivity index (χ3v) is 4.29. The van der Waals surface area contributed by atoms with Gasteiger partial charge in [0, 0.05) is 5.69 Å². The predicted molar refractivity (Wildman–Crippen MR) is 105 cm³/mol. The largest absolute Gasteiger partial charge is 0.479 e. The lowest BCUT2D eigenvalue weighted by molar-refractivity contribution is -0.137. The maximum Gasteiger partial charge on any atom is 0.416 e. The van der Waals surface area contributed by atoms with E-state index in [-0.39, 0.29) is 29.1 Å². The lowest BCUT2D eigenvalue weighted by Gasteiger charge is -2.24. The first-order valence-electron chi connectivity index (χ1n) is 8.65. The summed E-state index contributed by atoms with van der Waals surface area (Å²) in [4.78, 5) is 12.7. The first-order chi connectivity index (χ1) is 13.6. The molecule has 0 radical (unpaired) electrons. The van der Waals surface area contributed by atoms with Crippen LogP contribution in [0.4, 0.5) is 24.5 Å². The molecule has 0 aliphatic heterocycles. The van der Waals surface area contributed by atoms with Gasteiger partial charge in [0.2, 0.25) is 5.91 Å². The minimum atomic E-state index is -4.50. The molecule has 1 amide bonds. The lowest BCUT2D eigenvalue weighted by Crippen LogP contribution is -2.39. The maximum atomic E-state index is 12.8. The lowest BCUT2D eigenvalue weighted by atomic mass is 10.0. The number of ether oxygens (including phenoxy) is 1. The van der Waals surface area contributed by atoms with Crippen LogP contribution in [0.15, 0.2) is 42.5 Å². The summed E-state index contributed by atoms with van der Waals surface area (Å²) in [5.41, 5.74) is -0.128. The number of hydrogen-bond acceptors (Lipinski definition) is 4. The SMILES string of the molecule is CC(C)C(Nc1ccc(C(F)(F)F)cc1Cl)C(=O)Nc1ccc(OCC#N)cc1. The Morgan fingerprint density at radius 3 is 2.38 bits per heavy atom. The maximum absolute atomic E-state index is 12.8. The molecule has 0 fully saturated rings. The number of anilines is 2. The first-order valence-corrected chi connectivity index (χ1v) is 9.03. The van der Waals surface area contributed by atoms with Crippen LogP contribution in [0.5, 0.6) is 5.75 Å². The summed E-state index contributed by atoms with van der Waals surface area (Å²) >= 11 is 5.98. The molecule has 2 N–H and O–H groups in total. The van der Waals surface area contributed by atoms with Crippen LogP contribution in [0.25, 0.3) is 0 Å². The first kappa shape index (κ1) is 22.4. The van der Waals surface area contributed by atoms with Crippen LogP contribution in [0.3, 0.4) is 0 Å². The van der Waals surface area contributed by atoms with Gasteiger partial charge >= 0.3 is 6.18 Å². The number of halogens is 4. The van der Waals surface area contributed by atoms with Crippen LogP contribution in [0.2, 0.25) is 5.02 Å². The van der Waals surface area contributed by atoms with E-state index in [4.69, 9.17) is 21.6 Å². The highest BCUT2D eigenvalue weighted by molar-refractivity contribution is 6.33. The number of nitrogens with zero attached hydrogens (tertiary/aromatic N) is 1. The Morgan fingerprint density at radius 2 is 1.86 bits per heavy atom. The molecule has 0 bridgehead atoms. The normalized spacial score (nSPS) is 12.2. The molecule has 154 valence electrons. The fraction of sp³-hybridized carbons (Fsp3) is 0.300. The molecule has 9 heteroatoms. The van der Waals surface area contributed by atoms with Crippen molar-refractivity contribution in [2.24, 2.45) is 5.92 Å². The zero-order valence-corrected chi connectivity index (χ0v) is 16.4. The summed E-state index contributed by atoms with van der Waals surface area (Å²) in [5, 5.41) is 14.0. The van der Waals surface area contributed by atoms with Crippen molar-refractivity contribution < 1.29 is 22.7 Å². The second-order valence-electron chi connectivity index (χ2n) is 6.52. The molecule has 2 aromatic rings. The number of hydrogen-bond donors (Lipinski definition) is 2. The van der Waals surface area contributed by atoms with E-state index in [1.54, 1.807) is 38.1 Å². The van der Waals surface area contributed by atoms with Crippen LogP contribution in [-0.4, -0.2) is 18.6 Å². The van der Waals surface area contributed by atoms with Crippen LogP contribution < -0.4 is 15.4 Å². The van der Waals surface area contributed by atoms with Gasteiger partial charge in [-0.25, -0.2) is 0 Å². The summed E-state index contributed by atoms with van der Waals surface area (Å²) in [6, 6.07) is 10.5. The van der Waals surface area contributed by atoms with E-state index in [2.05, 4.69) is 10.6 Å². The Morgan fingerprint density at radius 1 is 1.21 bits per heavy atom. The molecule has 0 spiro atoms. The van der Waals surface area contributed by atoms with Gasteiger partial charge in [-0.05, 0) is 48.4 Å². The molecular weight excluding hydrogens is 407 g/mol.